The van der Waals surface area contributed by atoms with Crippen molar-refractivity contribution in [2.24, 2.45) is 0 Å². The van der Waals surface area contributed by atoms with Crippen LogP contribution >= 0.6 is 0 Å². The second-order valence-corrected chi connectivity index (χ2v) is 7.74. The van der Waals surface area contributed by atoms with Gasteiger partial charge in [0.1, 0.15) is 11.4 Å². The summed E-state index contributed by atoms with van der Waals surface area (Å²) in [7, 11) is 3.59. The molecule has 2 aromatic carbocycles. The molecular formula is C23H26N4O3. The highest BCUT2D eigenvalue weighted by molar-refractivity contribution is 6.07. The first-order valence-corrected chi connectivity index (χ1v) is 10.0. The average molecular weight is 406 g/mol. The van der Waals surface area contributed by atoms with Gasteiger partial charge in [0, 0.05) is 42.6 Å². The molecule has 1 aliphatic rings. The van der Waals surface area contributed by atoms with Crippen LogP contribution in [0, 0.1) is 6.92 Å². The van der Waals surface area contributed by atoms with Crippen LogP contribution in [0.4, 0.5) is 5.69 Å². The molecule has 2 heterocycles. The number of fused-ring (bicyclic) bond motifs is 1. The number of hydrogen-bond donors (Lipinski definition) is 2. The van der Waals surface area contributed by atoms with Crippen LogP contribution in [0.2, 0.25) is 0 Å². The van der Waals surface area contributed by atoms with Crippen LogP contribution in [-0.2, 0) is 0 Å². The number of aromatic amines is 1. The summed E-state index contributed by atoms with van der Waals surface area (Å²) in [5.41, 5.74) is 3.48. The molecule has 0 bridgehead atoms. The molecule has 0 spiro atoms. The standard InChI is InChI=1S/C23H26N4O3/c1-15-4-5-16-13-20(24-18(16)12-15)22(28)25-19-14-17(6-7-21(19)30-3)23(29)27-10-8-26(2)9-11-27/h4-7,12-14,24H,8-11H2,1-3H3,(H,25,28). The molecule has 7 nitrogen and oxygen atoms in total. The van der Waals surface area contributed by atoms with Gasteiger partial charge in [-0.25, -0.2) is 0 Å². The molecule has 2 amide bonds. The smallest absolute Gasteiger partial charge is 0.272 e. The van der Waals surface area contributed by atoms with Gasteiger partial charge < -0.3 is 24.8 Å². The van der Waals surface area contributed by atoms with Crippen molar-refractivity contribution < 1.29 is 14.3 Å². The van der Waals surface area contributed by atoms with Crippen molar-refractivity contribution in [3.8, 4) is 5.75 Å². The Morgan fingerprint density at radius 1 is 1.03 bits per heavy atom. The number of H-pyrrole nitrogens is 1. The predicted octanol–water partition coefficient (Wildman–Crippen LogP) is 3.12. The number of nitrogens with zero attached hydrogens (tertiary/aromatic N) is 2. The first-order valence-electron chi connectivity index (χ1n) is 10.0. The van der Waals surface area contributed by atoms with E-state index in [1.165, 1.54) is 0 Å². The molecule has 1 aliphatic heterocycles. The number of anilines is 1. The van der Waals surface area contributed by atoms with Gasteiger partial charge in [0.05, 0.1) is 12.8 Å². The third kappa shape index (κ3) is 4.02. The summed E-state index contributed by atoms with van der Waals surface area (Å²) in [4.78, 5) is 33.0. The highest BCUT2D eigenvalue weighted by atomic mass is 16.5. The minimum Gasteiger partial charge on any atom is -0.495 e. The maximum Gasteiger partial charge on any atom is 0.272 e. The van der Waals surface area contributed by atoms with Crippen LogP contribution in [0.25, 0.3) is 10.9 Å². The predicted molar refractivity (Wildman–Crippen MR) is 117 cm³/mol. The molecule has 1 saturated heterocycles. The maximum absolute atomic E-state index is 12.9. The molecule has 0 aliphatic carbocycles. The fraction of sp³-hybridized carbons (Fsp3) is 0.304. The third-order valence-electron chi connectivity index (χ3n) is 5.51. The van der Waals surface area contributed by atoms with Crippen molar-refractivity contribution >= 4 is 28.4 Å². The van der Waals surface area contributed by atoms with Crippen LogP contribution in [0.1, 0.15) is 26.4 Å². The van der Waals surface area contributed by atoms with Gasteiger partial charge in [-0.15, -0.1) is 0 Å². The van der Waals surface area contributed by atoms with Crippen LogP contribution < -0.4 is 10.1 Å². The zero-order valence-corrected chi connectivity index (χ0v) is 17.5. The largest absolute Gasteiger partial charge is 0.495 e. The minimum absolute atomic E-state index is 0.0395. The maximum atomic E-state index is 12.9. The van der Waals surface area contributed by atoms with Crippen LogP contribution in [0.3, 0.4) is 0 Å². The minimum atomic E-state index is -0.286. The van der Waals surface area contributed by atoms with E-state index < -0.39 is 0 Å². The van der Waals surface area contributed by atoms with E-state index in [2.05, 4.69) is 15.2 Å². The van der Waals surface area contributed by atoms with E-state index >= 15 is 0 Å². The van der Waals surface area contributed by atoms with Crippen molar-refractivity contribution in [2.75, 3.05) is 45.7 Å². The summed E-state index contributed by atoms with van der Waals surface area (Å²) in [6.07, 6.45) is 0. The Morgan fingerprint density at radius 2 is 1.80 bits per heavy atom. The summed E-state index contributed by atoms with van der Waals surface area (Å²) in [6, 6.07) is 12.9. The Balaban J connectivity index is 1.57. The van der Waals surface area contributed by atoms with Crippen LogP contribution in [-0.4, -0.2) is 66.9 Å². The van der Waals surface area contributed by atoms with Gasteiger partial charge in [-0.2, -0.15) is 0 Å². The molecular weight excluding hydrogens is 380 g/mol. The summed E-state index contributed by atoms with van der Waals surface area (Å²) < 4.78 is 5.39. The second kappa shape index (κ2) is 8.20. The van der Waals surface area contributed by atoms with Gasteiger partial charge in [0.2, 0.25) is 0 Å². The van der Waals surface area contributed by atoms with E-state index in [4.69, 9.17) is 4.74 Å². The zero-order chi connectivity index (χ0) is 21.3. The first kappa shape index (κ1) is 20.0. The quantitative estimate of drug-likeness (QED) is 0.698. The van der Waals surface area contributed by atoms with Gasteiger partial charge >= 0.3 is 0 Å². The Bertz CT molecular complexity index is 1100. The van der Waals surface area contributed by atoms with E-state index in [9.17, 15) is 9.59 Å². The van der Waals surface area contributed by atoms with Crippen LogP contribution in [0.15, 0.2) is 42.5 Å². The van der Waals surface area contributed by atoms with Crippen LogP contribution in [0.5, 0.6) is 5.75 Å². The van der Waals surface area contributed by atoms with Gasteiger partial charge in [-0.05, 0) is 49.9 Å². The molecule has 1 aromatic heterocycles. The number of piperazine rings is 1. The molecule has 0 radical (unpaired) electrons. The van der Waals surface area contributed by atoms with Crippen molar-refractivity contribution in [1.29, 1.82) is 0 Å². The molecule has 30 heavy (non-hydrogen) atoms. The molecule has 2 N–H and O–H groups in total. The van der Waals surface area contributed by atoms with E-state index in [1.54, 1.807) is 25.3 Å². The summed E-state index contributed by atoms with van der Waals surface area (Å²) in [5.74, 6) is 0.180. The number of nitrogens with one attached hydrogen (secondary N) is 2. The highest BCUT2D eigenvalue weighted by Crippen LogP contribution is 2.27. The highest BCUT2D eigenvalue weighted by Gasteiger charge is 2.22. The van der Waals surface area contributed by atoms with Gasteiger partial charge in [-0.3, -0.25) is 9.59 Å². The summed E-state index contributed by atoms with van der Waals surface area (Å²) >= 11 is 0. The molecule has 4 rings (SSSR count). The lowest BCUT2D eigenvalue weighted by molar-refractivity contribution is 0.0664. The summed E-state index contributed by atoms with van der Waals surface area (Å²) in [6.45, 7) is 5.10. The van der Waals surface area contributed by atoms with E-state index in [-0.39, 0.29) is 11.8 Å². The third-order valence-corrected chi connectivity index (χ3v) is 5.51. The number of rotatable bonds is 4. The number of carbonyl (C=O) groups is 2. The fourth-order valence-corrected chi connectivity index (χ4v) is 3.68. The number of benzene rings is 2. The van der Waals surface area contributed by atoms with Crippen molar-refractivity contribution in [3.63, 3.8) is 0 Å². The number of aryl methyl sites for hydroxylation is 1. The lowest BCUT2D eigenvalue weighted by Gasteiger charge is -2.32. The number of likely N-dealkylation sites (N-methyl/N-ethyl adjacent to an activating group) is 1. The van der Waals surface area contributed by atoms with Crippen molar-refractivity contribution in [3.05, 3.63) is 59.3 Å². The lowest BCUT2D eigenvalue weighted by Crippen LogP contribution is -2.47. The normalized spacial score (nSPS) is 14.7. The Hall–Kier alpha value is -3.32. The van der Waals surface area contributed by atoms with E-state index in [0.29, 0.717) is 35.8 Å². The Morgan fingerprint density at radius 3 is 2.53 bits per heavy atom. The Kier molecular flexibility index (Phi) is 5.46. The molecule has 0 unspecified atom stereocenters. The zero-order valence-electron chi connectivity index (χ0n) is 17.5. The fourth-order valence-electron chi connectivity index (χ4n) is 3.68. The first-order chi connectivity index (χ1) is 14.4. The number of aromatic nitrogens is 1. The number of amides is 2. The van der Waals surface area contributed by atoms with Gasteiger partial charge in [0.15, 0.2) is 0 Å². The van der Waals surface area contributed by atoms with Crippen molar-refractivity contribution in [2.45, 2.75) is 6.92 Å². The number of methoxy groups -OCH3 is 1. The molecule has 0 atom stereocenters. The monoisotopic (exact) mass is 406 g/mol. The number of hydrogen-bond acceptors (Lipinski definition) is 4. The average Bonchev–Trinajstić information content (AvgIpc) is 3.17. The summed E-state index contributed by atoms with van der Waals surface area (Å²) in [5, 5.41) is 3.85. The lowest BCUT2D eigenvalue weighted by atomic mass is 10.1. The SMILES string of the molecule is COc1ccc(C(=O)N2CCN(C)CC2)cc1NC(=O)c1cc2ccc(C)cc2[nH]1. The van der Waals surface area contributed by atoms with E-state index in [1.807, 2.05) is 43.1 Å². The van der Waals surface area contributed by atoms with E-state index in [0.717, 1.165) is 29.6 Å². The molecule has 7 heteroatoms. The number of ether oxygens (including phenoxy) is 1. The van der Waals surface area contributed by atoms with Gasteiger partial charge in [0.25, 0.3) is 11.8 Å². The second-order valence-electron chi connectivity index (χ2n) is 7.74. The van der Waals surface area contributed by atoms with Crippen molar-refractivity contribution in [1.82, 2.24) is 14.8 Å². The molecule has 0 saturated carbocycles. The topological polar surface area (TPSA) is 77.7 Å². The number of carbonyl (C=O) groups excluding carboxylic acids is 2. The molecule has 156 valence electrons. The molecule has 3 aromatic rings. The van der Waals surface area contributed by atoms with Gasteiger partial charge in [-0.1, -0.05) is 12.1 Å². The molecule has 1 fully saturated rings. The Labute approximate surface area is 175 Å².